The second kappa shape index (κ2) is 13.8. The summed E-state index contributed by atoms with van der Waals surface area (Å²) in [5, 5.41) is 6.57. The first kappa shape index (κ1) is 31.7. The molecule has 3 heterocycles. The van der Waals surface area contributed by atoms with Crippen molar-refractivity contribution in [3.05, 3.63) is 41.7 Å². The predicted molar refractivity (Wildman–Crippen MR) is 144 cm³/mol. The largest absolute Gasteiger partial charge is 0.469 e. The third-order valence-corrected chi connectivity index (χ3v) is 5.83. The number of esters is 1. The minimum absolute atomic E-state index is 0. The molecule has 1 fully saturated rings. The smallest absolute Gasteiger partial charge is 0.310 e. The molecule has 0 bridgehead atoms. The average Bonchev–Trinajstić information content (AvgIpc) is 3.33. The maximum absolute atomic E-state index is 13.9. The quantitative estimate of drug-likeness (QED) is 0.479. The molecule has 1 aliphatic heterocycles. The number of ether oxygens (including phenoxy) is 1. The minimum atomic E-state index is -0.290. The lowest BCUT2D eigenvalue weighted by atomic mass is 9.93. The van der Waals surface area contributed by atoms with Gasteiger partial charge < -0.3 is 24.7 Å². The van der Waals surface area contributed by atoms with E-state index in [-0.39, 0.29) is 60.0 Å². The average molecular weight is 545 g/mol. The first-order valence-electron chi connectivity index (χ1n) is 11.8. The fraction of sp³-hybridized carbons (Fsp3) is 0.600. The van der Waals surface area contributed by atoms with Crippen LogP contribution in [-0.2, 0) is 21.5 Å². The molecule has 2 atom stereocenters. The number of nitrogens with one attached hydrogen (secondary N) is 2. The Morgan fingerprint density at radius 3 is 2.58 bits per heavy atom. The summed E-state index contributed by atoms with van der Waals surface area (Å²) in [6.45, 7) is 12.4. The first-order valence-corrected chi connectivity index (χ1v) is 11.8. The molecular formula is C25H39Cl2N5O4. The molecule has 0 spiro atoms. The highest BCUT2D eigenvalue weighted by Crippen LogP contribution is 2.26. The molecule has 1 saturated heterocycles. The Morgan fingerprint density at radius 2 is 2.00 bits per heavy atom. The lowest BCUT2D eigenvalue weighted by molar-refractivity contribution is -0.146. The predicted octanol–water partition coefficient (Wildman–Crippen LogP) is 4.07. The number of nitrogens with zero attached hydrogens (tertiary/aromatic N) is 3. The van der Waals surface area contributed by atoms with Crippen LogP contribution < -0.4 is 10.6 Å². The molecule has 0 unspecified atom stereocenters. The van der Waals surface area contributed by atoms with Crippen molar-refractivity contribution in [3.63, 3.8) is 0 Å². The van der Waals surface area contributed by atoms with Crippen LogP contribution in [0.2, 0.25) is 0 Å². The highest BCUT2D eigenvalue weighted by atomic mass is 35.5. The van der Waals surface area contributed by atoms with E-state index in [1.165, 1.54) is 7.11 Å². The monoisotopic (exact) mass is 543 g/mol. The van der Waals surface area contributed by atoms with Gasteiger partial charge in [0.15, 0.2) is 0 Å². The molecule has 36 heavy (non-hydrogen) atoms. The van der Waals surface area contributed by atoms with E-state index < -0.39 is 0 Å². The maximum atomic E-state index is 13.9. The molecule has 0 aromatic carbocycles. The van der Waals surface area contributed by atoms with Crippen molar-refractivity contribution in [2.45, 2.75) is 59.0 Å². The first-order chi connectivity index (χ1) is 16.1. The maximum Gasteiger partial charge on any atom is 0.310 e. The zero-order chi connectivity index (χ0) is 24.9. The summed E-state index contributed by atoms with van der Waals surface area (Å²) in [6, 6.07) is 3.54. The number of carbonyl (C=O) groups excluding carboxylic acids is 2. The van der Waals surface area contributed by atoms with Crippen LogP contribution >= 0.6 is 24.8 Å². The molecule has 0 aliphatic carbocycles. The van der Waals surface area contributed by atoms with Crippen molar-refractivity contribution in [1.82, 2.24) is 20.2 Å². The molecule has 0 radical (unpaired) electrons. The number of rotatable bonds is 8. The van der Waals surface area contributed by atoms with Crippen LogP contribution in [-0.4, -0.2) is 59.5 Å². The number of hydrogen-bond donors (Lipinski definition) is 2. The van der Waals surface area contributed by atoms with Gasteiger partial charge in [-0.2, -0.15) is 0 Å². The Bertz CT molecular complexity index is 979. The fourth-order valence-corrected chi connectivity index (χ4v) is 4.07. The molecule has 1 aliphatic rings. The lowest BCUT2D eigenvalue weighted by Gasteiger charge is -2.38. The molecule has 9 nitrogen and oxygen atoms in total. The van der Waals surface area contributed by atoms with E-state index in [2.05, 4.69) is 29.5 Å². The summed E-state index contributed by atoms with van der Waals surface area (Å²) in [5.41, 5.74) is 0.127. The number of anilines is 1. The highest BCUT2D eigenvalue weighted by molar-refractivity contribution is 5.98. The third-order valence-electron chi connectivity index (χ3n) is 5.83. The van der Waals surface area contributed by atoms with Gasteiger partial charge in [-0.25, -0.2) is 9.97 Å². The van der Waals surface area contributed by atoms with E-state index in [1.807, 2.05) is 37.8 Å². The van der Waals surface area contributed by atoms with E-state index in [0.717, 1.165) is 5.76 Å². The van der Waals surface area contributed by atoms with Gasteiger partial charge in [-0.05, 0) is 24.5 Å². The summed E-state index contributed by atoms with van der Waals surface area (Å²) in [4.78, 5) is 37.2. The lowest BCUT2D eigenvalue weighted by Crippen LogP contribution is -2.53. The molecular weight excluding hydrogens is 505 g/mol. The van der Waals surface area contributed by atoms with Gasteiger partial charge in [0.05, 0.1) is 25.8 Å². The molecule has 2 aromatic heterocycles. The third kappa shape index (κ3) is 8.08. The van der Waals surface area contributed by atoms with Gasteiger partial charge in [0, 0.05) is 37.3 Å². The van der Waals surface area contributed by atoms with Crippen LogP contribution in [0.4, 0.5) is 5.82 Å². The molecule has 11 heteroatoms. The number of hydrogen-bond acceptors (Lipinski definition) is 8. The summed E-state index contributed by atoms with van der Waals surface area (Å²) in [7, 11) is 1.40. The van der Waals surface area contributed by atoms with Crippen LogP contribution in [0.1, 0.15) is 63.0 Å². The van der Waals surface area contributed by atoms with Gasteiger partial charge in [-0.1, -0.05) is 34.6 Å². The molecule has 3 rings (SSSR count). The van der Waals surface area contributed by atoms with E-state index in [0.29, 0.717) is 49.8 Å². The summed E-state index contributed by atoms with van der Waals surface area (Å²) >= 11 is 0. The van der Waals surface area contributed by atoms with Crippen molar-refractivity contribution in [3.8, 4) is 0 Å². The molecule has 2 N–H and O–H groups in total. The second-order valence-corrected chi connectivity index (χ2v) is 10.3. The highest BCUT2D eigenvalue weighted by Gasteiger charge is 2.35. The van der Waals surface area contributed by atoms with Crippen LogP contribution in [0.15, 0.2) is 29.0 Å². The Hall–Kier alpha value is -2.36. The summed E-state index contributed by atoms with van der Waals surface area (Å²) < 4.78 is 10.4. The number of carbonyl (C=O) groups is 2. The topological polar surface area (TPSA) is 110 Å². The number of piperidine rings is 1. The molecule has 0 saturated carbocycles. The standard InChI is InChI=1S/C25H37N5O4.2ClH/c1-16(2)15-30(18-10-17(11-26-12-18)23(32)33-6)22(31)20-14-28-24(25(3,4)5)29-21(20)27-13-19-8-7-9-34-19;;/h7-9,14,16-18,26H,10-13,15H2,1-6H3,(H,27,28,29);2*1H/t17-,18+;;/m1../s1. The Labute approximate surface area is 226 Å². The van der Waals surface area contributed by atoms with E-state index in [9.17, 15) is 9.59 Å². The second-order valence-electron chi connectivity index (χ2n) is 10.3. The van der Waals surface area contributed by atoms with Crippen molar-refractivity contribution < 1.29 is 18.7 Å². The fourth-order valence-electron chi connectivity index (χ4n) is 4.07. The zero-order valence-corrected chi connectivity index (χ0v) is 23.5. The number of furan rings is 1. The van der Waals surface area contributed by atoms with Gasteiger partial charge in [0.25, 0.3) is 5.91 Å². The van der Waals surface area contributed by atoms with Gasteiger partial charge >= 0.3 is 5.97 Å². The number of halogens is 2. The SMILES string of the molecule is COC(=O)[C@H]1CNC[C@@H](N(CC(C)C)C(=O)c2cnc(C(C)(C)C)nc2NCc2ccco2)C1.Cl.Cl. The zero-order valence-electron chi connectivity index (χ0n) is 21.9. The van der Waals surface area contributed by atoms with Gasteiger partial charge in [0.1, 0.15) is 23.0 Å². The summed E-state index contributed by atoms with van der Waals surface area (Å²) in [6.07, 6.45) is 3.78. The van der Waals surface area contributed by atoms with Gasteiger partial charge in [-0.3, -0.25) is 9.59 Å². The Balaban J connectivity index is 0.00000324. The van der Waals surface area contributed by atoms with Crippen molar-refractivity contribution in [2.24, 2.45) is 11.8 Å². The van der Waals surface area contributed by atoms with Crippen molar-refractivity contribution >= 4 is 42.5 Å². The minimum Gasteiger partial charge on any atom is -0.469 e. The molecule has 1 amide bonds. The Kier molecular flexibility index (Phi) is 12.2. The number of amides is 1. The van der Waals surface area contributed by atoms with Gasteiger partial charge in [-0.15, -0.1) is 24.8 Å². The van der Waals surface area contributed by atoms with E-state index in [4.69, 9.17) is 14.1 Å². The van der Waals surface area contributed by atoms with Gasteiger partial charge in [0.2, 0.25) is 0 Å². The normalized spacial score (nSPS) is 17.5. The van der Waals surface area contributed by atoms with E-state index >= 15 is 0 Å². The molecule has 202 valence electrons. The van der Waals surface area contributed by atoms with Crippen molar-refractivity contribution in [2.75, 3.05) is 32.1 Å². The van der Waals surface area contributed by atoms with Crippen molar-refractivity contribution in [1.29, 1.82) is 0 Å². The van der Waals surface area contributed by atoms with Crippen LogP contribution in [0.5, 0.6) is 0 Å². The van der Waals surface area contributed by atoms with Crippen LogP contribution in [0.25, 0.3) is 0 Å². The van der Waals surface area contributed by atoms with E-state index in [1.54, 1.807) is 12.5 Å². The van der Waals surface area contributed by atoms with Crippen LogP contribution in [0, 0.1) is 11.8 Å². The molecule has 2 aromatic rings. The number of aromatic nitrogens is 2. The summed E-state index contributed by atoms with van der Waals surface area (Å²) in [5.74, 6) is 1.40. The Morgan fingerprint density at radius 1 is 1.28 bits per heavy atom. The number of methoxy groups -OCH3 is 1. The van der Waals surface area contributed by atoms with Crippen LogP contribution in [0.3, 0.4) is 0 Å².